The minimum atomic E-state index is -1.69. The molecule has 1 aromatic rings. The summed E-state index contributed by atoms with van der Waals surface area (Å²) in [5.74, 6) is -12.7. The van der Waals surface area contributed by atoms with Crippen LogP contribution in [-0.4, -0.2) is 174 Å². The summed E-state index contributed by atoms with van der Waals surface area (Å²) in [6.07, 6.45) is -3.64. The Morgan fingerprint density at radius 2 is 1.13 bits per heavy atom. The SMILES string of the molecule is CC[C@H](C)CCCCC(=O)C[C@@H](CCN)C(=O)N[C@H](C(=O)C[C@H](CCN)C(=O)N[C@H]1CCNC(=O)[C@H]([C@@H](C)O)NC(=O)[C@H](CCN)CC(=O)[C@H](CCN)NC(=O)[C@H]([C@@H](C)O)NC(=O)[C@H](Cc2ccccc2)CC(=O)[C@H](CCN)NC1=O)[C@@H](C)O. The summed E-state index contributed by atoms with van der Waals surface area (Å²) in [6.45, 7) is 7.00. The number of carbonyl (C=O) groups is 11. The van der Waals surface area contributed by atoms with E-state index in [9.17, 15) is 68.1 Å². The molecule has 14 atom stereocenters. The lowest BCUT2D eigenvalue weighted by Gasteiger charge is -2.28. The third-order valence-electron chi connectivity index (χ3n) is 15.2. The highest BCUT2D eigenvalue weighted by atomic mass is 16.3. The van der Waals surface area contributed by atoms with Crippen molar-refractivity contribution in [2.75, 3.05) is 39.3 Å². The molecule has 0 saturated carbocycles. The first-order chi connectivity index (χ1) is 39.8. The molecule has 0 spiro atoms. The van der Waals surface area contributed by atoms with Crippen molar-refractivity contribution in [1.29, 1.82) is 0 Å². The molecule has 0 radical (unpaired) electrons. The monoisotopic (exact) mass is 1190 g/mol. The van der Waals surface area contributed by atoms with E-state index in [4.69, 9.17) is 28.7 Å². The average Bonchev–Trinajstić information content (AvgIpc) is 3.67. The predicted molar refractivity (Wildman–Crippen MR) is 313 cm³/mol. The van der Waals surface area contributed by atoms with Gasteiger partial charge in [-0.2, -0.15) is 0 Å². The molecule has 1 fully saturated rings. The van der Waals surface area contributed by atoms with Crippen LogP contribution in [0.3, 0.4) is 0 Å². The number of nitrogens with two attached hydrogens (primary N) is 5. The maximum absolute atomic E-state index is 14.5. The first-order valence-corrected chi connectivity index (χ1v) is 29.6. The Morgan fingerprint density at radius 1 is 0.607 bits per heavy atom. The highest BCUT2D eigenvalue weighted by molar-refractivity contribution is 5.99. The van der Waals surface area contributed by atoms with Gasteiger partial charge in [0.15, 0.2) is 17.3 Å². The topological polar surface area (TPSA) is 463 Å². The maximum atomic E-state index is 14.5. The quantitative estimate of drug-likeness (QED) is 0.0353. The van der Waals surface area contributed by atoms with Gasteiger partial charge in [-0.05, 0) is 116 Å². The second-order valence-electron chi connectivity index (χ2n) is 22.3. The van der Waals surface area contributed by atoms with Crippen LogP contribution < -0.4 is 65.9 Å². The Morgan fingerprint density at radius 3 is 1.65 bits per heavy atom. The first kappa shape index (κ1) is 74.0. The van der Waals surface area contributed by atoms with E-state index in [1.807, 2.05) is 0 Å². The number of benzene rings is 1. The van der Waals surface area contributed by atoms with E-state index < -0.39 is 169 Å². The van der Waals surface area contributed by atoms with Crippen molar-refractivity contribution in [2.24, 2.45) is 58.3 Å². The molecule has 2 rings (SSSR count). The van der Waals surface area contributed by atoms with Crippen LogP contribution in [0.4, 0.5) is 0 Å². The van der Waals surface area contributed by atoms with Crippen LogP contribution in [0.15, 0.2) is 30.3 Å². The smallest absolute Gasteiger partial charge is 0.245 e. The lowest BCUT2D eigenvalue weighted by molar-refractivity contribution is -0.137. The minimum absolute atomic E-state index is 0.0521. The molecular formula is C58H98N12O14. The fourth-order valence-corrected chi connectivity index (χ4v) is 9.87. The molecule has 0 unspecified atom stereocenters. The highest BCUT2D eigenvalue weighted by Crippen LogP contribution is 2.21. The molecule has 1 aliphatic heterocycles. The fraction of sp³-hybridized carbons (Fsp3) is 0.707. The summed E-state index contributed by atoms with van der Waals surface area (Å²) < 4.78 is 0. The molecule has 1 heterocycles. The summed E-state index contributed by atoms with van der Waals surface area (Å²) in [5, 5.41) is 50.3. The number of unbranched alkanes of at least 4 members (excludes halogenated alkanes) is 1. The number of amides is 7. The van der Waals surface area contributed by atoms with E-state index in [0.29, 0.717) is 17.9 Å². The number of ketones is 4. The lowest BCUT2D eigenvalue weighted by atomic mass is 9.90. The molecule has 0 aliphatic carbocycles. The molecule has 1 aromatic carbocycles. The van der Waals surface area contributed by atoms with Crippen LogP contribution in [0.1, 0.15) is 136 Å². The molecule has 0 bridgehead atoms. The fourth-order valence-electron chi connectivity index (χ4n) is 9.87. The Balaban J connectivity index is 2.66. The molecule has 26 nitrogen and oxygen atoms in total. The van der Waals surface area contributed by atoms with Crippen molar-refractivity contribution >= 4 is 64.5 Å². The third kappa shape index (κ3) is 26.0. The van der Waals surface area contributed by atoms with Gasteiger partial charge in [-0.25, -0.2) is 0 Å². The van der Waals surface area contributed by atoms with Gasteiger partial charge in [0.1, 0.15) is 30.0 Å². The summed E-state index contributed by atoms with van der Waals surface area (Å²) >= 11 is 0. The van der Waals surface area contributed by atoms with Gasteiger partial charge in [0.25, 0.3) is 0 Å². The summed E-state index contributed by atoms with van der Waals surface area (Å²) in [7, 11) is 0. The van der Waals surface area contributed by atoms with Crippen LogP contribution in [0.2, 0.25) is 0 Å². The van der Waals surface area contributed by atoms with Crippen LogP contribution in [0.25, 0.3) is 0 Å². The number of aliphatic hydroxyl groups is 3. The van der Waals surface area contributed by atoms with Gasteiger partial charge in [-0.15, -0.1) is 0 Å². The summed E-state index contributed by atoms with van der Waals surface area (Å²) in [4.78, 5) is 154. The van der Waals surface area contributed by atoms with Crippen LogP contribution in [0.5, 0.6) is 0 Å². The number of Topliss-reactive ketones (excluding diaryl/α,β-unsaturated/α-hetero) is 4. The van der Waals surface area contributed by atoms with E-state index in [2.05, 4.69) is 51.1 Å². The van der Waals surface area contributed by atoms with Crippen molar-refractivity contribution in [1.82, 2.24) is 37.2 Å². The molecule has 26 heteroatoms. The van der Waals surface area contributed by atoms with Gasteiger partial charge in [0, 0.05) is 62.3 Å². The van der Waals surface area contributed by atoms with Crippen molar-refractivity contribution in [3.8, 4) is 0 Å². The number of carbonyl (C=O) groups excluding carboxylic acids is 11. The predicted octanol–water partition coefficient (Wildman–Crippen LogP) is -2.55. The highest BCUT2D eigenvalue weighted by Gasteiger charge is 2.38. The molecule has 1 aliphatic rings. The van der Waals surface area contributed by atoms with E-state index in [-0.39, 0.29) is 89.9 Å². The van der Waals surface area contributed by atoms with E-state index in [1.54, 1.807) is 30.3 Å². The van der Waals surface area contributed by atoms with Crippen molar-refractivity contribution in [3.63, 3.8) is 0 Å². The van der Waals surface area contributed by atoms with E-state index in [0.717, 1.165) is 19.3 Å². The van der Waals surface area contributed by atoms with Gasteiger partial charge in [0.2, 0.25) is 41.4 Å². The standard InChI is InChI=1S/C58H98N12O14/c1-6-33(2)12-10-11-15-42(74)29-38(16-22-59)53(79)68-49(34(3)71)48(77)31-40(18-24-61)52(78)67-45-21-27-64-57(83)50(35(4)72)69-54(80)39(17-23-60)30-46(75)44(20-26-63)66-58(84)51(36(5)73)70-55(81)41(28-37-13-8-7-9-14-37)32-47(76)43(19-25-62)65-56(45)82/h7-9,13-14,33-36,38-41,43-45,49-51,71-73H,6,10-12,15-32,59-63H2,1-5H3,(H,64,83)(H,65,82)(H,66,84)(H,67,78)(H,68,79)(H,69,80)(H,70,81)/t33-,34+,35+,36+,38+,39+,40-,41+,43-,44-,45-,49-,50-,51-/m0/s1. The lowest BCUT2D eigenvalue weighted by Crippen LogP contribution is -2.57. The van der Waals surface area contributed by atoms with Crippen LogP contribution >= 0.6 is 0 Å². The average molecular weight is 1190 g/mol. The number of rotatable bonds is 30. The second-order valence-corrected chi connectivity index (χ2v) is 22.3. The van der Waals surface area contributed by atoms with E-state index >= 15 is 0 Å². The zero-order valence-electron chi connectivity index (χ0n) is 49.7. The van der Waals surface area contributed by atoms with Crippen LogP contribution in [-0.2, 0) is 59.2 Å². The number of hydrogen-bond donors (Lipinski definition) is 15. The number of nitrogens with one attached hydrogen (secondary N) is 7. The minimum Gasteiger partial charge on any atom is -0.391 e. The van der Waals surface area contributed by atoms with E-state index in [1.165, 1.54) is 20.8 Å². The van der Waals surface area contributed by atoms with Crippen molar-refractivity contribution < 1.29 is 68.1 Å². The first-order valence-electron chi connectivity index (χ1n) is 29.6. The van der Waals surface area contributed by atoms with Gasteiger partial charge in [-0.3, -0.25) is 52.7 Å². The van der Waals surface area contributed by atoms with Gasteiger partial charge < -0.3 is 81.2 Å². The number of aliphatic hydroxyl groups excluding tert-OH is 3. The Kier molecular flexibility index (Phi) is 34.8. The molecule has 0 aromatic heterocycles. The molecule has 7 amide bonds. The molecule has 20 N–H and O–H groups in total. The zero-order valence-corrected chi connectivity index (χ0v) is 49.7. The molecule has 1 saturated heterocycles. The van der Waals surface area contributed by atoms with Gasteiger partial charge >= 0.3 is 0 Å². The number of hydrogen-bond acceptors (Lipinski definition) is 19. The largest absolute Gasteiger partial charge is 0.391 e. The summed E-state index contributed by atoms with van der Waals surface area (Å²) in [6, 6.07) is -0.721. The van der Waals surface area contributed by atoms with Gasteiger partial charge in [0.05, 0.1) is 30.4 Å². The van der Waals surface area contributed by atoms with Crippen LogP contribution in [0, 0.1) is 29.6 Å². The van der Waals surface area contributed by atoms with Gasteiger partial charge in [-0.1, -0.05) is 63.4 Å². The third-order valence-corrected chi connectivity index (χ3v) is 15.2. The molecular weight excluding hydrogens is 1090 g/mol. The Labute approximate surface area is 493 Å². The second kappa shape index (κ2) is 39.5. The van der Waals surface area contributed by atoms with Crippen molar-refractivity contribution in [3.05, 3.63) is 35.9 Å². The Hall–Kier alpha value is -6.13. The van der Waals surface area contributed by atoms with Crippen molar-refractivity contribution in [2.45, 2.75) is 192 Å². The molecule has 474 valence electrons. The summed E-state index contributed by atoms with van der Waals surface area (Å²) in [5.41, 5.74) is 30.0. The molecule has 84 heavy (non-hydrogen) atoms. The zero-order chi connectivity index (χ0) is 63.1. The normalized spacial score (nSPS) is 23.6. The maximum Gasteiger partial charge on any atom is 0.245 e. The Bertz CT molecular complexity index is 2290.